The molecular formula is C16H12ClN3O. The summed E-state index contributed by atoms with van der Waals surface area (Å²) in [6.07, 6.45) is 1.61. The van der Waals surface area contributed by atoms with Gasteiger partial charge in [0.15, 0.2) is 0 Å². The predicted molar refractivity (Wildman–Crippen MR) is 85.6 cm³/mol. The minimum atomic E-state index is -0.248. The Morgan fingerprint density at radius 1 is 1.14 bits per heavy atom. The molecular weight excluding hydrogens is 286 g/mol. The molecule has 21 heavy (non-hydrogen) atoms. The SMILES string of the molecule is Nc1ccc(Cl)cc1NC(=O)c1ccnc2ccccc12. The number of hydrogen-bond donors (Lipinski definition) is 2. The Labute approximate surface area is 126 Å². The molecule has 0 aliphatic heterocycles. The second-order valence-electron chi connectivity index (χ2n) is 4.56. The highest BCUT2D eigenvalue weighted by molar-refractivity contribution is 6.31. The molecule has 1 aromatic heterocycles. The van der Waals surface area contributed by atoms with Gasteiger partial charge in [0.25, 0.3) is 5.91 Å². The third-order valence-corrected chi connectivity index (χ3v) is 3.39. The summed E-state index contributed by atoms with van der Waals surface area (Å²) in [7, 11) is 0. The number of amides is 1. The molecule has 3 rings (SSSR count). The average molecular weight is 298 g/mol. The molecule has 1 heterocycles. The van der Waals surface area contributed by atoms with Gasteiger partial charge >= 0.3 is 0 Å². The van der Waals surface area contributed by atoms with E-state index in [0.29, 0.717) is 22.0 Å². The molecule has 0 unspecified atom stereocenters. The van der Waals surface area contributed by atoms with Gasteiger partial charge in [-0.25, -0.2) is 0 Å². The first kappa shape index (κ1) is 13.4. The molecule has 1 amide bonds. The maximum Gasteiger partial charge on any atom is 0.256 e. The van der Waals surface area contributed by atoms with Crippen molar-refractivity contribution in [1.29, 1.82) is 0 Å². The lowest BCUT2D eigenvalue weighted by Crippen LogP contribution is -2.13. The number of carbonyl (C=O) groups is 1. The lowest BCUT2D eigenvalue weighted by molar-refractivity contribution is 0.102. The highest BCUT2D eigenvalue weighted by Gasteiger charge is 2.12. The molecule has 0 fully saturated rings. The number of pyridine rings is 1. The first-order valence-corrected chi connectivity index (χ1v) is 6.73. The molecule has 104 valence electrons. The number of nitrogens with one attached hydrogen (secondary N) is 1. The van der Waals surface area contributed by atoms with Crippen LogP contribution in [0.15, 0.2) is 54.7 Å². The van der Waals surface area contributed by atoms with Crippen molar-refractivity contribution in [3.05, 3.63) is 65.3 Å². The number of carbonyl (C=O) groups excluding carboxylic acids is 1. The third-order valence-electron chi connectivity index (χ3n) is 3.16. The van der Waals surface area contributed by atoms with E-state index in [1.54, 1.807) is 30.5 Å². The summed E-state index contributed by atoms with van der Waals surface area (Å²) in [5, 5.41) is 4.09. The number of fused-ring (bicyclic) bond motifs is 1. The molecule has 0 aliphatic carbocycles. The average Bonchev–Trinajstić information content (AvgIpc) is 2.50. The number of hydrogen-bond acceptors (Lipinski definition) is 3. The van der Waals surface area contributed by atoms with Crippen LogP contribution in [0, 0.1) is 0 Å². The number of aromatic nitrogens is 1. The van der Waals surface area contributed by atoms with Crippen LogP contribution in [0.1, 0.15) is 10.4 Å². The van der Waals surface area contributed by atoms with Crippen molar-refractivity contribution in [2.75, 3.05) is 11.1 Å². The normalized spacial score (nSPS) is 10.5. The minimum absolute atomic E-state index is 0.248. The van der Waals surface area contributed by atoms with E-state index in [-0.39, 0.29) is 5.91 Å². The molecule has 0 bridgehead atoms. The van der Waals surface area contributed by atoms with E-state index < -0.39 is 0 Å². The quantitative estimate of drug-likeness (QED) is 0.708. The van der Waals surface area contributed by atoms with Crippen LogP contribution in [0.5, 0.6) is 0 Å². The van der Waals surface area contributed by atoms with Crippen LogP contribution < -0.4 is 11.1 Å². The van der Waals surface area contributed by atoms with Gasteiger partial charge in [-0.05, 0) is 30.3 Å². The summed E-state index contributed by atoms with van der Waals surface area (Å²) in [6, 6.07) is 14.1. The van der Waals surface area contributed by atoms with E-state index in [0.717, 1.165) is 10.9 Å². The van der Waals surface area contributed by atoms with Gasteiger partial charge in [-0.1, -0.05) is 29.8 Å². The van der Waals surface area contributed by atoms with Crippen LogP contribution in [-0.2, 0) is 0 Å². The number of nitrogens with zero attached hydrogens (tertiary/aromatic N) is 1. The van der Waals surface area contributed by atoms with Crippen molar-refractivity contribution in [1.82, 2.24) is 4.98 Å². The predicted octanol–water partition coefficient (Wildman–Crippen LogP) is 3.72. The molecule has 0 spiro atoms. The topological polar surface area (TPSA) is 68.0 Å². The smallest absolute Gasteiger partial charge is 0.256 e. The fourth-order valence-electron chi connectivity index (χ4n) is 2.12. The lowest BCUT2D eigenvalue weighted by Gasteiger charge is -2.10. The maximum atomic E-state index is 12.5. The highest BCUT2D eigenvalue weighted by atomic mass is 35.5. The largest absolute Gasteiger partial charge is 0.397 e. The zero-order chi connectivity index (χ0) is 14.8. The van der Waals surface area contributed by atoms with Crippen molar-refractivity contribution in [2.24, 2.45) is 0 Å². The Kier molecular flexibility index (Phi) is 3.46. The fraction of sp³-hybridized carbons (Fsp3) is 0. The van der Waals surface area contributed by atoms with Crippen LogP contribution in [0.4, 0.5) is 11.4 Å². The van der Waals surface area contributed by atoms with Gasteiger partial charge in [0.05, 0.1) is 22.5 Å². The molecule has 0 saturated heterocycles. The Morgan fingerprint density at radius 3 is 2.81 bits per heavy atom. The molecule has 3 N–H and O–H groups in total. The minimum Gasteiger partial charge on any atom is -0.397 e. The van der Waals surface area contributed by atoms with Crippen molar-refractivity contribution in [2.45, 2.75) is 0 Å². The number of benzene rings is 2. The van der Waals surface area contributed by atoms with Crippen molar-refractivity contribution in [3.8, 4) is 0 Å². The summed E-state index contributed by atoms with van der Waals surface area (Å²) in [6.45, 7) is 0. The Hall–Kier alpha value is -2.59. The Bertz CT molecular complexity index is 827. The van der Waals surface area contributed by atoms with Crippen LogP contribution in [0.2, 0.25) is 5.02 Å². The van der Waals surface area contributed by atoms with Crippen LogP contribution in [0.25, 0.3) is 10.9 Å². The molecule has 0 radical (unpaired) electrons. The summed E-state index contributed by atoms with van der Waals surface area (Å²) in [5.41, 5.74) is 8.11. The summed E-state index contributed by atoms with van der Waals surface area (Å²) in [5.74, 6) is -0.248. The van der Waals surface area contributed by atoms with Crippen molar-refractivity contribution >= 4 is 39.8 Å². The van der Waals surface area contributed by atoms with Crippen molar-refractivity contribution < 1.29 is 4.79 Å². The van der Waals surface area contributed by atoms with Gasteiger partial charge in [-0.15, -0.1) is 0 Å². The summed E-state index contributed by atoms with van der Waals surface area (Å²) in [4.78, 5) is 16.7. The number of nitrogens with two attached hydrogens (primary N) is 1. The standard InChI is InChI=1S/C16H12ClN3O/c17-10-5-6-13(18)15(9-10)20-16(21)12-7-8-19-14-4-2-1-3-11(12)14/h1-9H,18H2,(H,20,21). The monoisotopic (exact) mass is 297 g/mol. The Morgan fingerprint density at radius 2 is 1.95 bits per heavy atom. The molecule has 0 saturated carbocycles. The molecule has 0 atom stereocenters. The van der Waals surface area contributed by atoms with Gasteiger partial charge in [0.1, 0.15) is 0 Å². The fourth-order valence-corrected chi connectivity index (χ4v) is 2.29. The molecule has 2 aromatic carbocycles. The highest BCUT2D eigenvalue weighted by Crippen LogP contribution is 2.24. The van der Waals surface area contributed by atoms with E-state index in [2.05, 4.69) is 10.3 Å². The van der Waals surface area contributed by atoms with Crippen LogP contribution in [-0.4, -0.2) is 10.9 Å². The molecule has 5 heteroatoms. The van der Waals surface area contributed by atoms with Gasteiger partial charge in [-0.2, -0.15) is 0 Å². The molecule has 4 nitrogen and oxygen atoms in total. The second kappa shape index (κ2) is 5.42. The first-order chi connectivity index (χ1) is 10.1. The van der Waals surface area contributed by atoms with E-state index in [1.807, 2.05) is 24.3 Å². The van der Waals surface area contributed by atoms with Crippen LogP contribution >= 0.6 is 11.6 Å². The molecule has 3 aromatic rings. The summed E-state index contributed by atoms with van der Waals surface area (Å²) < 4.78 is 0. The zero-order valence-electron chi connectivity index (χ0n) is 11.0. The van der Waals surface area contributed by atoms with E-state index >= 15 is 0 Å². The number of halogens is 1. The van der Waals surface area contributed by atoms with Gasteiger partial charge in [-0.3, -0.25) is 9.78 Å². The zero-order valence-corrected chi connectivity index (χ0v) is 11.8. The summed E-state index contributed by atoms with van der Waals surface area (Å²) >= 11 is 5.92. The Balaban J connectivity index is 1.99. The number of anilines is 2. The maximum absolute atomic E-state index is 12.5. The number of rotatable bonds is 2. The number of para-hydroxylation sites is 1. The van der Waals surface area contributed by atoms with Gasteiger partial charge in [0.2, 0.25) is 0 Å². The first-order valence-electron chi connectivity index (χ1n) is 6.35. The van der Waals surface area contributed by atoms with Gasteiger partial charge in [0, 0.05) is 16.6 Å². The second-order valence-corrected chi connectivity index (χ2v) is 5.00. The third kappa shape index (κ3) is 2.66. The van der Waals surface area contributed by atoms with E-state index in [9.17, 15) is 4.79 Å². The molecule has 0 aliphatic rings. The lowest BCUT2D eigenvalue weighted by atomic mass is 10.1. The number of nitrogen functional groups attached to an aromatic ring is 1. The van der Waals surface area contributed by atoms with Crippen molar-refractivity contribution in [3.63, 3.8) is 0 Å². The van der Waals surface area contributed by atoms with E-state index in [1.165, 1.54) is 0 Å². The van der Waals surface area contributed by atoms with Crippen LogP contribution in [0.3, 0.4) is 0 Å². The van der Waals surface area contributed by atoms with E-state index in [4.69, 9.17) is 17.3 Å². The van der Waals surface area contributed by atoms with Gasteiger partial charge < -0.3 is 11.1 Å².